The fourth-order valence-electron chi connectivity index (χ4n) is 1.71. The molecule has 0 N–H and O–H groups in total. The highest BCUT2D eigenvalue weighted by atomic mass is 28.3. The lowest BCUT2D eigenvalue weighted by Crippen LogP contribution is -2.35. The van der Waals surface area contributed by atoms with Crippen LogP contribution in [0.1, 0.15) is 6.92 Å². The van der Waals surface area contributed by atoms with Crippen molar-refractivity contribution in [3.8, 4) is 0 Å². The van der Waals surface area contributed by atoms with E-state index in [1.807, 2.05) is 0 Å². The zero-order chi connectivity index (χ0) is 8.48. The van der Waals surface area contributed by atoms with Crippen LogP contribution in [0.4, 0.5) is 0 Å². The van der Waals surface area contributed by atoms with Gasteiger partial charge in [0.2, 0.25) is 0 Å². The van der Waals surface area contributed by atoms with Crippen molar-refractivity contribution in [3.05, 3.63) is 12.2 Å². The molecular formula is C9H19NSi. The fraction of sp³-hybridized carbons (Fsp3) is 0.778. The summed E-state index contributed by atoms with van der Waals surface area (Å²) in [5.74, 6) is 0. The van der Waals surface area contributed by atoms with Crippen LogP contribution in [-0.2, 0) is 0 Å². The van der Waals surface area contributed by atoms with E-state index in [0.717, 1.165) is 0 Å². The second kappa shape index (κ2) is 3.11. The lowest BCUT2D eigenvalue weighted by atomic mass is 10.4. The monoisotopic (exact) mass is 169 g/mol. The SMILES string of the molecule is C=C(C)C[Si](C)(C)CN1CC1. The Morgan fingerprint density at radius 3 is 2.36 bits per heavy atom. The van der Waals surface area contributed by atoms with E-state index >= 15 is 0 Å². The lowest BCUT2D eigenvalue weighted by Gasteiger charge is -2.22. The van der Waals surface area contributed by atoms with Crippen LogP contribution >= 0.6 is 0 Å². The molecule has 64 valence electrons. The molecule has 1 saturated heterocycles. The molecule has 2 heteroatoms. The first-order valence-corrected chi connectivity index (χ1v) is 7.78. The van der Waals surface area contributed by atoms with Crippen molar-refractivity contribution in [1.82, 2.24) is 4.90 Å². The number of allylic oxidation sites excluding steroid dienone is 1. The summed E-state index contributed by atoms with van der Waals surface area (Å²) in [4.78, 5) is 2.54. The van der Waals surface area contributed by atoms with Gasteiger partial charge in [-0.25, -0.2) is 0 Å². The van der Waals surface area contributed by atoms with E-state index in [-0.39, 0.29) is 0 Å². The fourth-order valence-corrected chi connectivity index (χ4v) is 4.98. The van der Waals surface area contributed by atoms with Gasteiger partial charge in [0.15, 0.2) is 0 Å². The van der Waals surface area contributed by atoms with Gasteiger partial charge in [-0.1, -0.05) is 18.7 Å². The van der Waals surface area contributed by atoms with Gasteiger partial charge in [0.05, 0.1) is 8.07 Å². The molecular weight excluding hydrogens is 150 g/mol. The third kappa shape index (κ3) is 3.73. The van der Waals surface area contributed by atoms with Gasteiger partial charge in [-0.2, -0.15) is 0 Å². The van der Waals surface area contributed by atoms with Crippen LogP contribution < -0.4 is 0 Å². The summed E-state index contributed by atoms with van der Waals surface area (Å²) in [5.41, 5.74) is 1.36. The molecule has 1 heterocycles. The molecule has 0 aliphatic carbocycles. The van der Waals surface area contributed by atoms with Crippen molar-refractivity contribution in [1.29, 1.82) is 0 Å². The van der Waals surface area contributed by atoms with E-state index in [1.165, 1.54) is 30.9 Å². The van der Waals surface area contributed by atoms with E-state index in [4.69, 9.17) is 0 Å². The highest BCUT2D eigenvalue weighted by Gasteiger charge is 2.28. The van der Waals surface area contributed by atoms with E-state index in [9.17, 15) is 0 Å². The molecule has 1 aliphatic heterocycles. The molecule has 1 fully saturated rings. The van der Waals surface area contributed by atoms with Gasteiger partial charge in [0.25, 0.3) is 0 Å². The first kappa shape index (κ1) is 9.01. The zero-order valence-electron chi connectivity index (χ0n) is 7.98. The number of nitrogens with zero attached hydrogens (tertiary/aromatic N) is 1. The van der Waals surface area contributed by atoms with Crippen molar-refractivity contribution in [2.24, 2.45) is 0 Å². The smallest absolute Gasteiger partial charge is 0.0669 e. The third-order valence-corrected chi connectivity index (χ3v) is 4.84. The summed E-state index contributed by atoms with van der Waals surface area (Å²) >= 11 is 0. The highest BCUT2D eigenvalue weighted by Crippen LogP contribution is 2.19. The Kier molecular flexibility index (Phi) is 2.55. The maximum absolute atomic E-state index is 3.98. The molecule has 0 bridgehead atoms. The number of hydrogen-bond acceptors (Lipinski definition) is 1. The van der Waals surface area contributed by atoms with Gasteiger partial charge < -0.3 is 4.90 Å². The molecule has 0 aromatic carbocycles. The van der Waals surface area contributed by atoms with Crippen LogP contribution in [0, 0.1) is 0 Å². The predicted octanol–water partition coefficient (Wildman–Crippen LogP) is 2.13. The summed E-state index contributed by atoms with van der Waals surface area (Å²) in [6, 6.07) is 1.30. The Hall–Kier alpha value is -0.0831. The third-order valence-electron chi connectivity index (χ3n) is 1.97. The van der Waals surface area contributed by atoms with Crippen molar-refractivity contribution in [3.63, 3.8) is 0 Å². The van der Waals surface area contributed by atoms with Crippen LogP contribution in [-0.4, -0.2) is 32.2 Å². The van der Waals surface area contributed by atoms with E-state index in [1.54, 1.807) is 0 Å². The summed E-state index contributed by atoms with van der Waals surface area (Å²) in [6.07, 6.45) is 1.37. The molecule has 0 unspecified atom stereocenters. The van der Waals surface area contributed by atoms with Crippen molar-refractivity contribution >= 4 is 8.07 Å². The van der Waals surface area contributed by atoms with Gasteiger partial charge in [-0.05, 0) is 19.1 Å². The number of hydrogen-bond donors (Lipinski definition) is 0. The van der Waals surface area contributed by atoms with Gasteiger partial charge in [0, 0.05) is 13.1 Å². The molecule has 0 amide bonds. The summed E-state index contributed by atoms with van der Waals surface area (Å²) in [5, 5.41) is 0. The van der Waals surface area contributed by atoms with E-state index in [0.29, 0.717) is 0 Å². The Bertz CT molecular complexity index is 159. The molecule has 0 aromatic heterocycles. The first-order chi connectivity index (χ1) is 4.99. The van der Waals surface area contributed by atoms with E-state index in [2.05, 4.69) is 31.5 Å². The normalized spacial score (nSPS) is 18.5. The molecule has 11 heavy (non-hydrogen) atoms. The standard InChI is InChI=1S/C9H19NSi/c1-9(2)7-11(3,4)8-10-5-6-10/h1,5-8H2,2-4H3. The minimum absolute atomic E-state index is 0.941. The second-order valence-electron chi connectivity index (χ2n) is 4.57. The second-order valence-corrected chi connectivity index (χ2v) is 9.57. The number of rotatable bonds is 4. The van der Waals surface area contributed by atoms with Gasteiger partial charge in [-0.15, -0.1) is 6.58 Å². The molecule has 0 aromatic rings. The quantitative estimate of drug-likeness (QED) is 0.354. The Morgan fingerprint density at radius 1 is 1.45 bits per heavy atom. The van der Waals surface area contributed by atoms with Crippen molar-refractivity contribution in [2.45, 2.75) is 26.1 Å². The van der Waals surface area contributed by atoms with Crippen LogP contribution in [0.3, 0.4) is 0 Å². The zero-order valence-corrected chi connectivity index (χ0v) is 8.98. The Balaban J connectivity index is 2.30. The average molecular weight is 169 g/mol. The highest BCUT2D eigenvalue weighted by molar-refractivity contribution is 6.78. The Morgan fingerprint density at radius 2 is 2.00 bits per heavy atom. The van der Waals surface area contributed by atoms with Crippen molar-refractivity contribution < 1.29 is 0 Å². The van der Waals surface area contributed by atoms with Gasteiger partial charge in [-0.3, -0.25) is 0 Å². The largest absolute Gasteiger partial charge is 0.304 e. The van der Waals surface area contributed by atoms with Crippen LogP contribution in [0.5, 0.6) is 0 Å². The maximum atomic E-state index is 3.98. The van der Waals surface area contributed by atoms with Crippen LogP contribution in [0.25, 0.3) is 0 Å². The molecule has 1 rings (SSSR count). The van der Waals surface area contributed by atoms with E-state index < -0.39 is 8.07 Å². The van der Waals surface area contributed by atoms with Crippen LogP contribution in [0.2, 0.25) is 19.1 Å². The topological polar surface area (TPSA) is 3.01 Å². The lowest BCUT2D eigenvalue weighted by molar-refractivity contribution is 0.647. The van der Waals surface area contributed by atoms with Gasteiger partial charge in [0.1, 0.15) is 0 Å². The molecule has 0 spiro atoms. The molecule has 0 atom stereocenters. The van der Waals surface area contributed by atoms with Gasteiger partial charge >= 0.3 is 0 Å². The first-order valence-electron chi connectivity index (χ1n) is 4.36. The maximum Gasteiger partial charge on any atom is 0.0669 e. The average Bonchev–Trinajstić information content (AvgIpc) is 2.43. The molecule has 1 aliphatic rings. The minimum Gasteiger partial charge on any atom is -0.304 e. The summed E-state index contributed by atoms with van der Waals surface area (Å²) in [7, 11) is -0.941. The van der Waals surface area contributed by atoms with Crippen molar-refractivity contribution in [2.75, 3.05) is 19.3 Å². The summed E-state index contributed by atoms with van der Waals surface area (Å²) < 4.78 is 0. The molecule has 0 radical (unpaired) electrons. The van der Waals surface area contributed by atoms with Crippen LogP contribution in [0.15, 0.2) is 12.2 Å². The predicted molar refractivity (Wildman–Crippen MR) is 53.5 cm³/mol. The summed E-state index contributed by atoms with van der Waals surface area (Å²) in [6.45, 7) is 13.7. The Labute approximate surface area is 71.1 Å². The molecule has 1 nitrogen and oxygen atoms in total. The molecule has 0 saturated carbocycles. The minimum atomic E-state index is -0.941.